The topological polar surface area (TPSA) is 64.6 Å². The summed E-state index contributed by atoms with van der Waals surface area (Å²) in [4.78, 5) is 23.6. The minimum atomic E-state index is -0.716. The Morgan fingerprint density at radius 1 is 1.12 bits per heavy atom. The SMILES string of the molecule is COC(=O)[C@H](C)Oc1ccc(C(=O)Nc2ccc(Cl)cc2C)cc1. The normalized spacial score (nSPS) is 11.5. The van der Waals surface area contributed by atoms with Crippen LogP contribution in [0.1, 0.15) is 22.8 Å². The zero-order valence-corrected chi connectivity index (χ0v) is 14.4. The van der Waals surface area contributed by atoms with Crippen molar-refractivity contribution in [3.05, 3.63) is 58.6 Å². The van der Waals surface area contributed by atoms with Crippen molar-refractivity contribution in [3.63, 3.8) is 0 Å². The number of ether oxygens (including phenoxy) is 2. The molecule has 1 N–H and O–H groups in total. The number of benzene rings is 2. The van der Waals surface area contributed by atoms with Gasteiger partial charge in [0.05, 0.1) is 7.11 Å². The first-order chi connectivity index (χ1) is 11.4. The van der Waals surface area contributed by atoms with Gasteiger partial charge in [0.1, 0.15) is 5.75 Å². The molecule has 5 nitrogen and oxygen atoms in total. The number of anilines is 1. The van der Waals surface area contributed by atoms with E-state index in [2.05, 4.69) is 10.1 Å². The molecule has 0 unspecified atom stereocenters. The van der Waals surface area contributed by atoms with Crippen LogP contribution in [0.25, 0.3) is 0 Å². The van der Waals surface area contributed by atoms with Crippen molar-refractivity contribution in [1.29, 1.82) is 0 Å². The maximum Gasteiger partial charge on any atom is 0.346 e. The lowest BCUT2D eigenvalue weighted by Crippen LogP contribution is -2.24. The van der Waals surface area contributed by atoms with Crippen LogP contribution >= 0.6 is 11.6 Å². The standard InChI is InChI=1S/C18H18ClNO4/c1-11-10-14(19)6-9-16(11)20-17(21)13-4-7-15(8-5-13)24-12(2)18(22)23-3/h4-10,12H,1-3H3,(H,20,21)/t12-/m0/s1. The third-order valence-electron chi connectivity index (χ3n) is 3.40. The average molecular weight is 348 g/mol. The van der Waals surface area contributed by atoms with Crippen molar-refractivity contribution in [2.75, 3.05) is 12.4 Å². The molecule has 0 saturated carbocycles. The van der Waals surface area contributed by atoms with Crippen molar-refractivity contribution < 1.29 is 19.1 Å². The number of halogens is 1. The minimum Gasteiger partial charge on any atom is -0.479 e. The highest BCUT2D eigenvalue weighted by molar-refractivity contribution is 6.30. The molecule has 0 heterocycles. The summed E-state index contributed by atoms with van der Waals surface area (Å²) in [5.74, 6) is -0.227. The molecular formula is C18H18ClNO4. The Kier molecular flexibility index (Phi) is 5.82. The average Bonchev–Trinajstić information content (AvgIpc) is 2.57. The molecule has 0 spiro atoms. The molecule has 0 bridgehead atoms. The van der Waals surface area contributed by atoms with E-state index in [-0.39, 0.29) is 5.91 Å². The third kappa shape index (κ3) is 4.49. The Balaban J connectivity index is 2.04. The Bertz CT molecular complexity index is 743. The number of methoxy groups -OCH3 is 1. The molecule has 2 aromatic rings. The molecule has 0 saturated heterocycles. The zero-order valence-electron chi connectivity index (χ0n) is 13.6. The van der Waals surface area contributed by atoms with Gasteiger partial charge in [-0.1, -0.05) is 11.6 Å². The lowest BCUT2D eigenvalue weighted by Gasteiger charge is -2.13. The number of nitrogens with one attached hydrogen (secondary N) is 1. The van der Waals surface area contributed by atoms with Crippen LogP contribution in [0.4, 0.5) is 5.69 Å². The molecular weight excluding hydrogens is 330 g/mol. The van der Waals surface area contributed by atoms with E-state index < -0.39 is 12.1 Å². The first kappa shape index (κ1) is 17.8. The summed E-state index contributed by atoms with van der Waals surface area (Å²) in [6.07, 6.45) is -0.716. The maximum atomic E-state index is 12.3. The Labute approximate surface area is 145 Å². The van der Waals surface area contributed by atoms with E-state index in [1.54, 1.807) is 49.4 Å². The van der Waals surface area contributed by atoms with Gasteiger partial charge in [0.15, 0.2) is 6.10 Å². The van der Waals surface area contributed by atoms with Crippen LogP contribution in [-0.2, 0) is 9.53 Å². The van der Waals surface area contributed by atoms with Crippen molar-refractivity contribution >= 4 is 29.2 Å². The Morgan fingerprint density at radius 3 is 2.38 bits per heavy atom. The number of amides is 1. The highest BCUT2D eigenvalue weighted by Gasteiger charge is 2.15. The molecule has 1 amide bonds. The minimum absolute atomic E-state index is 0.243. The second-order valence-electron chi connectivity index (χ2n) is 5.22. The molecule has 0 radical (unpaired) electrons. The van der Waals surface area contributed by atoms with E-state index in [9.17, 15) is 9.59 Å². The Morgan fingerprint density at radius 2 is 1.79 bits per heavy atom. The number of carbonyl (C=O) groups is 2. The fourth-order valence-electron chi connectivity index (χ4n) is 2.06. The van der Waals surface area contributed by atoms with Gasteiger partial charge in [-0.2, -0.15) is 0 Å². The van der Waals surface area contributed by atoms with E-state index in [1.165, 1.54) is 7.11 Å². The molecule has 0 aromatic heterocycles. The summed E-state index contributed by atoms with van der Waals surface area (Å²) in [5.41, 5.74) is 2.05. The largest absolute Gasteiger partial charge is 0.479 e. The predicted octanol–water partition coefficient (Wildman–Crippen LogP) is 3.84. The highest BCUT2D eigenvalue weighted by Crippen LogP contribution is 2.21. The zero-order chi connectivity index (χ0) is 17.7. The fourth-order valence-corrected chi connectivity index (χ4v) is 2.29. The quantitative estimate of drug-likeness (QED) is 0.834. The monoisotopic (exact) mass is 347 g/mol. The molecule has 1 atom stereocenters. The number of aryl methyl sites for hydroxylation is 1. The van der Waals surface area contributed by atoms with E-state index in [0.29, 0.717) is 22.0 Å². The summed E-state index contributed by atoms with van der Waals surface area (Å²) in [6, 6.07) is 11.8. The van der Waals surface area contributed by atoms with Crippen LogP contribution in [0.2, 0.25) is 5.02 Å². The predicted molar refractivity (Wildman–Crippen MR) is 92.7 cm³/mol. The van der Waals surface area contributed by atoms with Crippen molar-refractivity contribution in [1.82, 2.24) is 0 Å². The third-order valence-corrected chi connectivity index (χ3v) is 3.63. The summed E-state index contributed by atoms with van der Waals surface area (Å²) < 4.78 is 10.0. The van der Waals surface area contributed by atoms with Gasteiger partial charge in [-0.05, 0) is 61.9 Å². The summed E-state index contributed by atoms with van der Waals surface area (Å²) in [5, 5.41) is 3.45. The van der Waals surface area contributed by atoms with Gasteiger partial charge in [-0.15, -0.1) is 0 Å². The van der Waals surface area contributed by atoms with Gasteiger partial charge in [0, 0.05) is 16.3 Å². The first-order valence-corrected chi connectivity index (χ1v) is 7.70. The van der Waals surface area contributed by atoms with E-state index >= 15 is 0 Å². The van der Waals surface area contributed by atoms with Crippen molar-refractivity contribution in [2.45, 2.75) is 20.0 Å². The van der Waals surface area contributed by atoms with Gasteiger partial charge < -0.3 is 14.8 Å². The van der Waals surface area contributed by atoms with Crippen LogP contribution in [0.3, 0.4) is 0 Å². The van der Waals surface area contributed by atoms with Gasteiger partial charge in [0.25, 0.3) is 5.91 Å². The van der Waals surface area contributed by atoms with Gasteiger partial charge >= 0.3 is 5.97 Å². The number of carbonyl (C=O) groups excluding carboxylic acids is 2. The molecule has 2 rings (SSSR count). The van der Waals surface area contributed by atoms with Crippen LogP contribution in [-0.4, -0.2) is 25.1 Å². The number of rotatable bonds is 5. The first-order valence-electron chi connectivity index (χ1n) is 7.32. The van der Waals surface area contributed by atoms with Crippen LogP contribution in [0, 0.1) is 6.92 Å². The number of hydrogen-bond acceptors (Lipinski definition) is 4. The summed E-state index contributed by atoms with van der Waals surface area (Å²) in [7, 11) is 1.30. The molecule has 24 heavy (non-hydrogen) atoms. The van der Waals surface area contributed by atoms with Crippen molar-refractivity contribution in [3.8, 4) is 5.75 Å². The van der Waals surface area contributed by atoms with Gasteiger partial charge in [0.2, 0.25) is 0 Å². The molecule has 0 aliphatic rings. The van der Waals surface area contributed by atoms with Gasteiger partial charge in [-0.3, -0.25) is 4.79 Å². The maximum absolute atomic E-state index is 12.3. The Hall–Kier alpha value is -2.53. The molecule has 0 fully saturated rings. The highest BCUT2D eigenvalue weighted by atomic mass is 35.5. The molecule has 126 valence electrons. The lowest BCUT2D eigenvalue weighted by molar-refractivity contribution is -0.147. The molecule has 0 aliphatic heterocycles. The fraction of sp³-hybridized carbons (Fsp3) is 0.222. The smallest absolute Gasteiger partial charge is 0.346 e. The van der Waals surface area contributed by atoms with Crippen LogP contribution in [0.5, 0.6) is 5.75 Å². The second-order valence-corrected chi connectivity index (χ2v) is 5.66. The summed E-state index contributed by atoms with van der Waals surface area (Å²) >= 11 is 5.90. The summed E-state index contributed by atoms with van der Waals surface area (Å²) in [6.45, 7) is 3.46. The molecule has 6 heteroatoms. The van der Waals surface area contributed by atoms with E-state index in [4.69, 9.17) is 16.3 Å². The van der Waals surface area contributed by atoms with Crippen LogP contribution < -0.4 is 10.1 Å². The molecule has 2 aromatic carbocycles. The lowest BCUT2D eigenvalue weighted by atomic mass is 10.1. The van der Waals surface area contributed by atoms with Gasteiger partial charge in [-0.25, -0.2) is 4.79 Å². The van der Waals surface area contributed by atoms with Crippen LogP contribution in [0.15, 0.2) is 42.5 Å². The number of hydrogen-bond donors (Lipinski definition) is 1. The van der Waals surface area contributed by atoms with Crippen molar-refractivity contribution in [2.24, 2.45) is 0 Å². The van der Waals surface area contributed by atoms with E-state index in [1.807, 2.05) is 6.92 Å². The number of esters is 1. The second kappa shape index (κ2) is 7.84. The van der Waals surface area contributed by atoms with E-state index in [0.717, 1.165) is 5.56 Å². The molecule has 0 aliphatic carbocycles.